The van der Waals surface area contributed by atoms with Crippen LogP contribution in [0.15, 0.2) is 30.9 Å². The molecule has 0 spiro atoms. The van der Waals surface area contributed by atoms with Crippen molar-refractivity contribution in [1.82, 2.24) is 14.8 Å². The molecule has 0 atom stereocenters. The third-order valence-corrected chi connectivity index (χ3v) is 4.14. The number of nitrogens with zero attached hydrogens (tertiary/aromatic N) is 3. The van der Waals surface area contributed by atoms with E-state index in [0.29, 0.717) is 29.2 Å². The highest BCUT2D eigenvalue weighted by Gasteiger charge is 2.37. The molecule has 1 amide bonds. The van der Waals surface area contributed by atoms with Gasteiger partial charge in [0.15, 0.2) is 0 Å². The van der Waals surface area contributed by atoms with E-state index in [1.54, 1.807) is 18.2 Å². The number of rotatable bonds is 3. The summed E-state index contributed by atoms with van der Waals surface area (Å²) < 4.78 is 1.52. The van der Waals surface area contributed by atoms with E-state index in [9.17, 15) is 4.79 Å². The van der Waals surface area contributed by atoms with E-state index in [2.05, 4.69) is 15.4 Å². The number of para-hydroxylation sites is 1. The van der Waals surface area contributed by atoms with E-state index in [1.807, 2.05) is 0 Å². The molecule has 0 saturated heterocycles. The van der Waals surface area contributed by atoms with Gasteiger partial charge in [0, 0.05) is 0 Å². The number of hydrogen-bond acceptors (Lipinski definition) is 4. The lowest BCUT2D eigenvalue weighted by atomic mass is 9.98. The van der Waals surface area contributed by atoms with Crippen molar-refractivity contribution in [3.05, 3.63) is 35.9 Å². The maximum Gasteiger partial charge on any atom is 0.244 e. The lowest BCUT2D eigenvalue weighted by Crippen LogP contribution is -2.48. The number of anilines is 1. The molecule has 6 nitrogen and oxygen atoms in total. The first-order valence-electron chi connectivity index (χ1n) is 6.84. The summed E-state index contributed by atoms with van der Waals surface area (Å²) >= 11 is 6.23. The number of carbonyl (C=O) groups excluding carboxylic acids is 1. The highest BCUT2D eigenvalue weighted by molar-refractivity contribution is 6.33. The zero-order valence-electron chi connectivity index (χ0n) is 11.4. The highest BCUT2D eigenvalue weighted by atomic mass is 35.5. The SMILES string of the molecule is NC1(C(=O)Nc2cccc(Cl)c2-n2cncn2)CCCC1. The summed E-state index contributed by atoms with van der Waals surface area (Å²) in [4.78, 5) is 16.4. The van der Waals surface area contributed by atoms with Gasteiger partial charge >= 0.3 is 0 Å². The Balaban J connectivity index is 1.93. The number of benzene rings is 1. The molecule has 0 radical (unpaired) electrons. The van der Waals surface area contributed by atoms with Crippen LogP contribution in [0, 0.1) is 0 Å². The van der Waals surface area contributed by atoms with Gasteiger partial charge in [-0.1, -0.05) is 30.5 Å². The van der Waals surface area contributed by atoms with Crippen LogP contribution in [0.3, 0.4) is 0 Å². The van der Waals surface area contributed by atoms with E-state index in [0.717, 1.165) is 12.8 Å². The average molecular weight is 306 g/mol. The van der Waals surface area contributed by atoms with Gasteiger partial charge in [0.25, 0.3) is 0 Å². The summed E-state index contributed by atoms with van der Waals surface area (Å²) in [5.41, 5.74) is 6.56. The Kier molecular flexibility index (Phi) is 3.65. The minimum absolute atomic E-state index is 0.177. The van der Waals surface area contributed by atoms with Crippen LogP contribution in [-0.4, -0.2) is 26.2 Å². The molecule has 0 bridgehead atoms. The van der Waals surface area contributed by atoms with Crippen LogP contribution in [0.25, 0.3) is 5.69 Å². The topological polar surface area (TPSA) is 85.8 Å². The number of hydrogen-bond donors (Lipinski definition) is 2. The molecule has 1 saturated carbocycles. The predicted molar refractivity (Wildman–Crippen MR) is 80.4 cm³/mol. The normalized spacial score (nSPS) is 16.9. The Morgan fingerprint density at radius 3 is 2.81 bits per heavy atom. The summed E-state index contributed by atoms with van der Waals surface area (Å²) in [5, 5.41) is 7.44. The molecule has 1 aromatic heterocycles. The number of aromatic nitrogens is 3. The molecule has 0 unspecified atom stereocenters. The van der Waals surface area contributed by atoms with Crippen LogP contribution in [0.2, 0.25) is 5.02 Å². The molecule has 3 N–H and O–H groups in total. The molecule has 1 fully saturated rings. The zero-order chi connectivity index (χ0) is 14.9. The fraction of sp³-hybridized carbons (Fsp3) is 0.357. The predicted octanol–water partition coefficient (Wildman–Crippen LogP) is 2.13. The van der Waals surface area contributed by atoms with Crippen molar-refractivity contribution in [2.45, 2.75) is 31.2 Å². The van der Waals surface area contributed by atoms with Gasteiger partial charge in [-0.3, -0.25) is 4.79 Å². The molecule has 0 aliphatic heterocycles. The summed E-state index contributed by atoms with van der Waals surface area (Å²) in [5.74, 6) is -0.177. The van der Waals surface area contributed by atoms with Crippen LogP contribution >= 0.6 is 11.6 Å². The highest BCUT2D eigenvalue weighted by Crippen LogP contribution is 2.31. The lowest BCUT2D eigenvalue weighted by Gasteiger charge is -2.23. The Bertz CT molecular complexity index is 649. The van der Waals surface area contributed by atoms with Crippen molar-refractivity contribution in [1.29, 1.82) is 0 Å². The minimum Gasteiger partial charge on any atom is -0.323 e. The molecule has 110 valence electrons. The zero-order valence-corrected chi connectivity index (χ0v) is 12.2. The molecule has 21 heavy (non-hydrogen) atoms. The fourth-order valence-corrected chi connectivity index (χ4v) is 2.91. The van der Waals surface area contributed by atoms with Crippen molar-refractivity contribution in [2.75, 3.05) is 5.32 Å². The molecule has 1 aliphatic carbocycles. The first-order valence-corrected chi connectivity index (χ1v) is 7.22. The van der Waals surface area contributed by atoms with Gasteiger partial charge in [-0.05, 0) is 25.0 Å². The van der Waals surface area contributed by atoms with E-state index in [-0.39, 0.29) is 5.91 Å². The summed E-state index contributed by atoms with van der Waals surface area (Å²) in [6, 6.07) is 5.29. The lowest BCUT2D eigenvalue weighted by molar-refractivity contribution is -0.121. The summed E-state index contributed by atoms with van der Waals surface area (Å²) in [6.45, 7) is 0. The van der Waals surface area contributed by atoms with Gasteiger partial charge in [-0.2, -0.15) is 5.10 Å². The molecule has 7 heteroatoms. The second-order valence-electron chi connectivity index (χ2n) is 5.29. The smallest absolute Gasteiger partial charge is 0.244 e. The first kappa shape index (κ1) is 14.0. The molecule has 3 rings (SSSR count). The van der Waals surface area contributed by atoms with Crippen LogP contribution in [-0.2, 0) is 4.79 Å². The van der Waals surface area contributed by atoms with Crippen molar-refractivity contribution in [3.8, 4) is 5.69 Å². The van der Waals surface area contributed by atoms with Gasteiger partial charge < -0.3 is 11.1 Å². The summed E-state index contributed by atoms with van der Waals surface area (Å²) in [7, 11) is 0. The second kappa shape index (κ2) is 5.46. The molecule has 1 aromatic carbocycles. The number of halogens is 1. The third kappa shape index (κ3) is 2.64. The largest absolute Gasteiger partial charge is 0.323 e. The fourth-order valence-electron chi connectivity index (χ4n) is 2.65. The van der Waals surface area contributed by atoms with Crippen LogP contribution < -0.4 is 11.1 Å². The molecule has 1 aliphatic rings. The third-order valence-electron chi connectivity index (χ3n) is 3.83. The minimum atomic E-state index is -0.790. The van der Waals surface area contributed by atoms with Gasteiger partial charge in [0.05, 0.1) is 16.2 Å². The van der Waals surface area contributed by atoms with Gasteiger partial charge in [-0.25, -0.2) is 9.67 Å². The monoisotopic (exact) mass is 305 g/mol. The maximum absolute atomic E-state index is 12.4. The Labute approximate surface area is 127 Å². The number of nitrogens with two attached hydrogens (primary N) is 1. The Hall–Kier alpha value is -1.92. The van der Waals surface area contributed by atoms with Gasteiger partial charge in [0.2, 0.25) is 5.91 Å². The molecule has 2 aromatic rings. The van der Waals surface area contributed by atoms with Gasteiger partial charge in [-0.15, -0.1) is 0 Å². The summed E-state index contributed by atoms with van der Waals surface area (Å²) in [6.07, 6.45) is 6.32. The maximum atomic E-state index is 12.4. The van der Waals surface area contributed by atoms with Gasteiger partial charge in [0.1, 0.15) is 18.3 Å². The van der Waals surface area contributed by atoms with Crippen LogP contribution in [0.5, 0.6) is 0 Å². The number of nitrogens with one attached hydrogen (secondary N) is 1. The number of carbonyl (C=O) groups is 1. The van der Waals surface area contributed by atoms with Crippen molar-refractivity contribution in [3.63, 3.8) is 0 Å². The van der Waals surface area contributed by atoms with Crippen LogP contribution in [0.1, 0.15) is 25.7 Å². The molecule has 1 heterocycles. The van der Waals surface area contributed by atoms with E-state index >= 15 is 0 Å². The quantitative estimate of drug-likeness (QED) is 0.909. The van der Waals surface area contributed by atoms with Crippen molar-refractivity contribution < 1.29 is 4.79 Å². The molecular formula is C14H16ClN5O. The van der Waals surface area contributed by atoms with Crippen molar-refractivity contribution >= 4 is 23.2 Å². The van der Waals surface area contributed by atoms with Crippen molar-refractivity contribution in [2.24, 2.45) is 5.73 Å². The molecular weight excluding hydrogens is 290 g/mol. The Morgan fingerprint density at radius 2 is 2.14 bits per heavy atom. The van der Waals surface area contributed by atoms with E-state index in [1.165, 1.54) is 17.3 Å². The van der Waals surface area contributed by atoms with Crippen LogP contribution in [0.4, 0.5) is 5.69 Å². The second-order valence-corrected chi connectivity index (χ2v) is 5.70. The van der Waals surface area contributed by atoms with E-state index in [4.69, 9.17) is 17.3 Å². The average Bonchev–Trinajstić information content (AvgIpc) is 3.11. The standard InChI is InChI=1S/C14H16ClN5O/c15-10-4-3-5-11(12(10)20-9-17-8-18-20)19-13(21)14(16)6-1-2-7-14/h3-5,8-9H,1-2,6-7,16H2,(H,19,21). The number of amides is 1. The Morgan fingerprint density at radius 1 is 1.38 bits per heavy atom. The first-order chi connectivity index (χ1) is 10.1. The van der Waals surface area contributed by atoms with E-state index < -0.39 is 5.54 Å².